The standard InChI is InChI=1S/C34H43N7O7/c1-23-31(43)37-28(19-25-12-8-5-9-13-25)33(45)38-27(18-24-10-6-4-7-11-24)32(44)35-14-15-41(30(42)22-40(2)16-17-47-3)21-26-20-29(39-48-26)34(46)36-23/h4-13,20,23,27-28H,14-19,21-22H2,1-3H3,(H,35,44)(H,36,46)(H,37,43)(H,38,45)/t23-,27+,28-/m0/s1. The monoisotopic (exact) mass is 661 g/mol. The molecule has 0 saturated carbocycles. The Hall–Kier alpha value is -5.08. The highest BCUT2D eigenvalue weighted by Crippen LogP contribution is 2.11. The maximum Gasteiger partial charge on any atom is 0.274 e. The molecule has 3 atom stereocenters. The van der Waals surface area contributed by atoms with E-state index in [0.29, 0.717) is 13.2 Å². The second-order valence-corrected chi connectivity index (χ2v) is 11.7. The number of nitrogens with zero attached hydrogens (tertiary/aromatic N) is 3. The van der Waals surface area contributed by atoms with Crippen LogP contribution in [0.1, 0.15) is 34.3 Å². The summed E-state index contributed by atoms with van der Waals surface area (Å²) < 4.78 is 10.5. The molecule has 0 fully saturated rings. The summed E-state index contributed by atoms with van der Waals surface area (Å²) in [6.45, 7) is 2.68. The number of benzene rings is 2. The van der Waals surface area contributed by atoms with Gasteiger partial charge >= 0.3 is 0 Å². The van der Waals surface area contributed by atoms with Gasteiger partial charge in [0.2, 0.25) is 23.6 Å². The Kier molecular flexibility index (Phi) is 13.2. The number of rotatable bonds is 9. The molecule has 0 spiro atoms. The van der Waals surface area contributed by atoms with E-state index in [1.807, 2.05) is 60.7 Å². The highest BCUT2D eigenvalue weighted by atomic mass is 16.5. The third-order valence-corrected chi connectivity index (χ3v) is 7.83. The molecule has 14 heteroatoms. The fourth-order valence-electron chi connectivity index (χ4n) is 5.09. The molecule has 1 aliphatic heterocycles. The van der Waals surface area contributed by atoms with E-state index in [1.54, 1.807) is 19.1 Å². The Labute approximate surface area is 279 Å². The molecule has 0 unspecified atom stereocenters. The van der Waals surface area contributed by atoms with Crippen molar-refractivity contribution in [2.24, 2.45) is 0 Å². The molecule has 256 valence electrons. The Bertz CT molecular complexity index is 1530. The number of carbonyl (C=O) groups is 5. The molecule has 0 radical (unpaired) electrons. The molecule has 3 aromatic rings. The van der Waals surface area contributed by atoms with Crippen molar-refractivity contribution in [3.63, 3.8) is 0 Å². The van der Waals surface area contributed by atoms with E-state index in [9.17, 15) is 24.0 Å². The van der Waals surface area contributed by atoms with Gasteiger partial charge in [0, 0.05) is 45.7 Å². The van der Waals surface area contributed by atoms with Crippen molar-refractivity contribution in [1.29, 1.82) is 0 Å². The largest absolute Gasteiger partial charge is 0.383 e. The van der Waals surface area contributed by atoms with E-state index < -0.39 is 41.8 Å². The number of carbonyl (C=O) groups excluding carboxylic acids is 5. The zero-order valence-corrected chi connectivity index (χ0v) is 27.4. The third kappa shape index (κ3) is 10.7. The van der Waals surface area contributed by atoms with Gasteiger partial charge in [0.25, 0.3) is 5.91 Å². The van der Waals surface area contributed by atoms with Crippen LogP contribution in [0.15, 0.2) is 71.3 Å². The van der Waals surface area contributed by atoms with Crippen molar-refractivity contribution in [3.8, 4) is 0 Å². The maximum atomic E-state index is 13.8. The van der Waals surface area contributed by atoms with Crippen molar-refractivity contribution >= 4 is 29.5 Å². The summed E-state index contributed by atoms with van der Waals surface area (Å²) in [5.74, 6) is -2.30. The summed E-state index contributed by atoms with van der Waals surface area (Å²) >= 11 is 0. The first-order valence-corrected chi connectivity index (χ1v) is 15.8. The minimum Gasteiger partial charge on any atom is -0.383 e. The van der Waals surface area contributed by atoms with Gasteiger partial charge in [-0.1, -0.05) is 65.8 Å². The van der Waals surface area contributed by atoms with Crippen LogP contribution in [0.5, 0.6) is 0 Å². The first-order chi connectivity index (χ1) is 23.1. The molecule has 2 heterocycles. The number of aromatic nitrogens is 1. The molecular formula is C34H43N7O7. The highest BCUT2D eigenvalue weighted by molar-refractivity contribution is 5.97. The molecule has 0 saturated heterocycles. The van der Waals surface area contributed by atoms with Gasteiger partial charge in [-0.05, 0) is 25.1 Å². The third-order valence-electron chi connectivity index (χ3n) is 7.83. The number of fused-ring (bicyclic) bond motifs is 2. The minimum absolute atomic E-state index is 0.0194. The number of hydrogen-bond donors (Lipinski definition) is 4. The summed E-state index contributed by atoms with van der Waals surface area (Å²) in [5.41, 5.74) is 1.52. The average Bonchev–Trinajstić information content (AvgIpc) is 3.55. The van der Waals surface area contributed by atoms with Crippen LogP contribution >= 0.6 is 0 Å². The lowest BCUT2D eigenvalue weighted by Crippen LogP contribution is -2.57. The lowest BCUT2D eigenvalue weighted by molar-refractivity contribution is -0.134. The fourth-order valence-corrected chi connectivity index (χ4v) is 5.09. The molecule has 2 bridgehead atoms. The van der Waals surface area contributed by atoms with Gasteiger partial charge in [-0.15, -0.1) is 0 Å². The Morgan fingerprint density at radius 3 is 2.15 bits per heavy atom. The van der Waals surface area contributed by atoms with Crippen molar-refractivity contribution in [2.45, 2.75) is 44.4 Å². The summed E-state index contributed by atoms with van der Waals surface area (Å²) in [7, 11) is 3.37. The SMILES string of the molecule is COCCN(C)CC(=O)N1CCNC(=O)[C@@H](Cc2ccccc2)NC(=O)[C@H](Cc2ccccc2)NC(=O)[C@H](C)NC(=O)c2cc(on2)C1. The number of ether oxygens (including phenoxy) is 1. The summed E-state index contributed by atoms with van der Waals surface area (Å²) in [6.07, 6.45) is 0.325. The van der Waals surface area contributed by atoms with Gasteiger partial charge in [0.15, 0.2) is 11.5 Å². The lowest BCUT2D eigenvalue weighted by atomic mass is 10.0. The van der Waals surface area contributed by atoms with E-state index in [2.05, 4.69) is 26.4 Å². The predicted octanol–water partition coefficient (Wildman–Crippen LogP) is 0.285. The molecule has 1 aromatic heterocycles. The molecule has 14 nitrogen and oxygen atoms in total. The Morgan fingerprint density at radius 1 is 0.917 bits per heavy atom. The van der Waals surface area contributed by atoms with Crippen molar-refractivity contribution in [2.75, 3.05) is 46.9 Å². The molecule has 5 amide bonds. The maximum absolute atomic E-state index is 13.8. The molecule has 0 aliphatic carbocycles. The van der Waals surface area contributed by atoms with E-state index in [0.717, 1.165) is 11.1 Å². The lowest BCUT2D eigenvalue weighted by Gasteiger charge is -2.26. The highest BCUT2D eigenvalue weighted by Gasteiger charge is 2.30. The van der Waals surface area contributed by atoms with Crippen LogP contribution in [0.3, 0.4) is 0 Å². The van der Waals surface area contributed by atoms with E-state index >= 15 is 0 Å². The van der Waals surface area contributed by atoms with Gasteiger partial charge in [-0.3, -0.25) is 28.9 Å². The molecule has 1 aliphatic rings. The summed E-state index contributed by atoms with van der Waals surface area (Å²) in [5, 5.41) is 14.9. The van der Waals surface area contributed by atoms with Gasteiger partial charge in [0.1, 0.15) is 18.1 Å². The first-order valence-electron chi connectivity index (χ1n) is 15.8. The molecule has 48 heavy (non-hydrogen) atoms. The second kappa shape index (κ2) is 17.7. The van der Waals surface area contributed by atoms with Gasteiger partial charge in [0.05, 0.1) is 19.7 Å². The minimum atomic E-state index is -1.06. The number of nitrogens with one attached hydrogen (secondary N) is 4. The zero-order chi connectivity index (χ0) is 34.5. The summed E-state index contributed by atoms with van der Waals surface area (Å²) in [6, 6.07) is 16.7. The summed E-state index contributed by atoms with van der Waals surface area (Å²) in [4.78, 5) is 70.4. The number of methoxy groups -OCH3 is 1. The van der Waals surface area contributed by atoms with Crippen LogP contribution in [-0.4, -0.2) is 110 Å². The second-order valence-electron chi connectivity index (χ2n) is 11.7. The molecular weight excluding hydrogens is 618 g/mol. The zero-order valence-electron chi connectivity index (χ0n) is 27.4. The van der Waals surface area contributed by atoms with Gasteiger partial charge < -0.3 is 35.4 Å². The van der Waals surface area contributed by atoms with E-state index in [-0.39, 0.29) is 56.4 Å². The molecule has 4 rings (SSSR count). The van der Waals surface area contributed by atoms with E-state index in [4.69, 9.17) is 9.26 Å². The van der Waals surface area contributed by atoms with Crippen LogP contribution < -0.4 is 21.3 Å². The van der Waals surface area contributed by atoms with Crippen LogP contribution in [0.2, 0.25) is 0 Å². The van der Waals surface area contributed by atoms with Crippen molar-refractivity contribution in [1.82, 2.24) is 36.2 Å². The fraction of sp³-hybridized carbons (Fsp3) is 0.412. The van der Waals surface area contributed by atoms with Crippen molar-refractivity contribution in [3.05, 3.63) is 89.3 Å². The first kappa shape index (κ1) is 35.8. The molecule has 4 N–H and O–H groups in total. The van der Waals surface area contributed by atoms with Gasteiger partial charge in [-0.25, -0.2) is 0 Å². The number of likely N-dealkylation sites (N-methyl/N-ethyl adjacent to an activating group) is 1. The van der Waals surface area contributed by atoms with Crippen LogP contribution in [-0.2, 0) is 43.3 Å². The van der Waals surface area contributed by atoms with Crippen LogP contribution in [0, 0.1) is 0 Å². The normalized spacial score (nSPS) is 19.8. The Balaban J connectivity index is 1.62. The van der Waals surface area contributed by atoms with Crippen molar-refractivity contribution < 1.29 is 33.2 Å². The molecule has 2 aromatic carbocycles. The topological polar surface area (TPSA) is 175 Å². The smallest absolute Gasteiger partial charge is 0.274 e. The van der Waals surface area contributed by atoms with Gasteiger partial charge in [-0.2, -0.15) is 0 Å². The average molecular weight is 662 g/mol. The van der Waals surface area contributed by atoms with Crippen LogP contribution in [0.25, 0.3) is 0 Å². The van der Waals surface area contributed by atoms with Crippen LogP contribution in [0.4, 0.5) is 0 Å². The predicted molar refractivity (Wildman–Crippen MR) is 175 cm³/mol. The number of amides is 5. The van der Waals surface area contributed by atoms with E-state index in [1.165, 1.54) is 17.9 Å². The quantitative estimate of drug-likeness (QED) is 0.251. The Morgan fingerprint density at radius 2 is 1.52 bits per heavy atom. The number of hydrogen-bond acceptors (Lipinski definition) is 9.